The van der Waals surface area contributed by atoms with Gasteiger partial charge in [0.25, 0.3) is 0 Å². The molecule has 1 aromatic rings. The summed E-state index contributed by atoms with van der Waals surface area (Å²) in [6, 6.07) is 8.49. The highest BCUT2D eigenvalue weighted by atomic mass is 79.9. The van der Waals surface area contributed by atoms with Crippen LogP contribution in [0.3, 0.4) is 0 Å². The molecular formula is C11H13BrN2O2S. The third kappa shape index (κ3) is 3.28. The molecule has 92 valence electrons. The number of rotatable bonds is 5. The van der Waals surface area contributed by atoms with Gasteiger partial charge in [0.2, 0.25) is 10.0 Å². The Bertz CT molecular complexity index is 523. The molecule has 17 heavy (non-hydrogen) atoms. The number of benzene rings is 1. The van der Waals surface area contributed by atoms with Crippen LogP contribution in [-0.4, -0.2) is 25.8 Å². The minimum absolute atomic E-state index is 0.127. The summed E-state index contributed by atoms with van der Waals surface area (Å²) in [4.78, 5) is 0.198. The Balaban J connectivity index is 3.18. The number of nitriles is 1. The highest BCUT2D eigenvalue weighted by Gasteiger charge is 2.25. The summed E-state index contributed by atoms with van der Waals surface area (Å²) in [5.74, 6) is 0. The molecule has 0 aliphatic heterocycles. The molecule has 0 aliphatic rings. The third-order valence-corrected chi connectivity index (χ3v) is 5.03. The van der Waals surface area contributed by atoms with Gasteiger partial charge in [0.15, 0.2) is 0 Å². The fourth-order valence-corrected chi connectivity index (χ4v) is 3.80. The van der Waals surface area contributed by atoms with Crippen LogP contribution in [0.1, 0.15) is 13.3 Å². The van der Waals surface area contributed by atoms with Crippen molar-refractivity contribution in [2.45, 2.75) is 18.2 Å². The highest BCUT2D eigenvalue weighted by Crippen LogP contribution is 2.24. The van der Waals surface area contributed by atoms with Crippen LogP contribution in [-0.2, 0) is 10.0 Å². The lowest BCUT2D eigenvalue weighted by Crippen LogP contribution is -2.32. The van der Waals surface area contributed by atoms with Crippen molar-refractivity contribution in [1.29, 1.82) is 5.26 Å². The summed E-state index contributed by atoms with van der Waals surface area (Å²) in [5.41, 5.74) is 0. The molecule has 1 aromatic carbocycles. The summed E-state index contributed by atoms with van der Waals surface area (Å²) in [6.45, 7) is 2.09. The van der Waals surface area contributed by atoms with E-state index in [-0.39, 0.29) is 11.4 Å². The first-order valence-electron chi connectivity index (χ1n) is 5.15. The minimum Gasteiger partial charge on any atom is -0.207 e. The predicted octanol–water partition coefficient (Wildman–Crippen LogP) is 2.37. The molecule has 0 fully saturated rings. The molecule has 0 saturated carbocycles. The Labute approximate surface area is 110 Å². The summed E-state index contributed by atoms with van der Waals surface area (Å²) in [7, 11) is -3.59. The second kappa shape index (κ2) is 6.15. The topological polar surface area (TPSA) is 61.2 Å². The Morgan fingerprint density at radius 3 is 2.59 bits per heavy atom. The summed E-state index contributed by atoms with van der Waals surface area (Å²) in [6.07, 6.45) is 0.672. The monoisotopic (exact) mass is 316 g/mol. The normalized spacial score (nSPS) is 11.4. The van der Waals surface area contributed by atoms with Crippen LogP contribution in [0.15, 0.2) is 33.6 Å². The molecule has 0 spiro atoms. The van der Waals surface area contributed by atoms with Crippen molar-refractivity contribution in [1.82, 2.24) is 4.31 Å². The van der Waals surface area contributed by atoms with Crippen LogP contribution < -0.4 is 0 Å². The van der Waals surface area contributed by atoms with Crippen LogP contribution in [0.4, 0.5) is 0 Å². The van der Waals surface area contributed by atoms with Gasteiger partial charge in [-0.3, -0.25) is 0 Å². The molecule has 0 aromatic heterocycles. The van der Waals surface area contributed by atoms with E-state index in [1.165, 1.54) is 10.4 Å². The SMILES string of the molecule is CCCN(CC#N)S(=O)(=O)c1ccccc1Br. The molecule has 4 nitrogen and oxygen atoms in total. The number of hydrogen-bond donors (Lipinski definition) is 0. The van der Waals surface area contributed by atoms with Gasteiger partial charge in [-0.25, -0.2) is 8.42 Å². The first kappa shape index (κ1) is 14.2. The van der Waals surface area contributed by atoms with Crippen molar-refractivity contribution in [3.63, 3.8) is 0 Å². The van der Waals surface area contributed by atoms with Gasteiger partial charge in [0.1, 0.15) is 6.54 Å². The zero-order valence-electron chi connectivity index (χ0n) is 9.43. The van der Waals surface area contributed by atoms with Gasteiger partial charge in [-0.05, 0) is 34.5 Å². The average Bonchev–Trinajstić information content (AvgIpc) is 2.29. The van der Waals surface area contributed by atoms with Crippen molar-refractivity contribution in [2.75, 3.05) is 13.1 Å². The minimum atomic E-state index is -3.59. The fourth-order valence-electron chi connectivity index (χ4n) is 1.41. The van der Waals surface area contributed by atoms with Gasteiger partial charge in [-0.15, -0.1) is 0 Å². The van der Waals surface area contributed by atoms with E-state index >= 15 is 0 Å². The molecule has 6 heteroatoms. The lowest BCUT2D eigenvalue weighted by molar-refractivity contribution is 0.444. The molecular weight excluding hydrogens is 304 g/mol. The molecule has 0 radical (unpaired) electrons. The third-order valence-electron chi connectivity index (χ3n) is 2.17. The second-order valence-electron chi connectivity index (χ2n) is 3.43. The van der Waals surface area contributed by atoms with E-state index in [4.69, 9.17) is 5.26 Å². The quantitative estimate of drug-likeness (QED) is 0.783. The molecule has 0 bridgehead atoms. The van der Waals surface area contributed by atoms with Gasteiger partial charge in [-0.1, -0.05) is 19.1 Å². The van der Waals surface area contributed by atoms with Gasteiger partial charge in [0.05, 0.1) is 11.0 Å². The zero-order valence-corrected chi connectivity index (χ0v) is 11.8. The van der Waals surface area contributed by atoms with Crippen molar-refractivity contribution >= 4 is 26.0 Å². The lowest BCUT2D eigenvalue weighted by atomic mass is 10.4. The molecule has 1 rings (SSSR count). The largest absolute Gasteiger partial charge is 0.245 e. The van der Waals surface area contributed by atoms with E-state index < -0.39 is 10.0 Å². The summed E-state index contributed by atoms with van der Waals surface area (Å²) in [5, 5.41) is 8.68. The van der Waals surface area contributed by atoms with E-state index in [1.807, 2.05) is 13.0 Å². The Morgan fingerprint density at radius 1 is 1.41 bits per heavy atom. The Kier molecular flexibility index (Phi) is 5.12. The predicted molar refractivity (Wildman–Crippen MR) is 68.8 cm³/mol. The van der Waals surface area contributed by atoms with E-state index in [0.29, 0.717) is 17.4 Å². The van der Waals surface area contributed by atoms with E-state index in [1.54, 1.807) is 18.2 Å². The van der Waals surface area contributed by atoms with Crippen LogP contribution in [0.2, 0.25) is 0 Å². The second-order valence-corrected chi connectivity index (χ2v) is 6.19. The molecule has 0 saturated heterocycles. The molecule has 0 unspecified atom stereocenters. The van der Waals surface area contributed by atoms with Gasteiger partial charge in [-0.2, -0.15) is 9.57 Å². The van der Waals surface area contributed by atoms with E-state index in [2.05, 4.69) is 15.9 Å². The Morgan fingerprint density at radius 2 is 2.06 bits per heavy atom. The van der Waals surface area contributed by atoms with Crippen molar-refractivity contribution in [3.8, 4) is 6.07 Å². The molecule has 0 N–H and O–H groups in total. The first-order chi connectivity index (χ1) is 8.04. The number of sulfonamides is 1. The van der Waals surface area contributed by atoms with Crippen LogP contribution >= 0.6 is 15.9 Å². The van der Waals surface area contributed by atoms with Gasteiger partial charge >= 0.3 is 0 Å². The lowest BCUT2D eigenvalue weighted by Gasteiger charge is -2.19. The maximum absolute atomic E-state index is 12.3. The maximum Gasteiger partial charge on any atom is 0.245 e. The van der Waals surface area contributed by atoms with Crippen molar-refractivity contribution < 1.29 is 8.42 Å². The Hall–Kier alpha value is -0.900. The number of hydrogen-bond acceptors (Lipinski definition) is 3. The molecule has 0 aliphatic carbocycles. The standard InChI is InChI=1S/C11H13BrN2O2S/c1-2-8-14(9-7-13)17(15,16)11-6-4-3-5-10(11)12/h3-6H,2,8-9H2,1H3. The summed E-state index contributed by atoms with van der Waals surface area (Å²) >= 11 is 3.21. The van der Waals surface area contributed by atoms with Gasteiger partial charge < -0.3 is 0 Å². The highest BCUT2D eigenvalue weighted by molar-refractivity contribution is 9.10. The van der Waals surface area contributed by atoms with Crippen molar-refractivity contribution in [3.05, 3.63) is 28.7 Å². The number of nitrogens with zero attached hydrogens (tertiary/aromatic N) is 2. The van der Waals surface area contributed by atoms with Gasteiger partial charge in [0, 0.05) is 11.0 Å². The fraction of sp³-hybridized carbons (Fsp3) is 0.364. The van der Waals surface area contributed by atoms with Crippen molar-refractivity contribution in [2.24, 2.45) is 0 Å². The average molecular weight is 317 g/mol. The van der Waals surface area contributed by atoms with Crippen LogP contribution in [0.25, 0.3) is 0 Å². The molecule has 0 atom stereocenters. The smallest absolute Gasteiger partial charge is 0.207 e. The van der Waals surface area contributed by atoms with E-state index in [9.17, 15) is 8.42 Å². The summed E-state index contributed by atoms with van der Waals surface area (Å²) < 4.78 is 26.3. The van der Waals surface area contributed by atoms with Crippen LogP contribution in [0, 0.1) is 11.3 Å². The van der Waals surface area contributed by atoms with E-state index in [0.717, 1.165) is 0 Å². The zero-order chi connectivity index (χ0) is 12.9. The van der Waals surface area contributed by atoms with Crippen LogP contribution in [0.5, 0.6) is 0 Å². The molecule has 0 amide bonds. The maximum atomic E-state index is 12.3. The first-order valence-corrected chi connectivity index (χ1v) is 7.39. The number of halogens is 1. The molecule has 0 heterocycles.